The minimum absolute atomic E-state index is 0.0975. The molecule has 0 unspecified atom stereocenters. The lowest BCUT2D eigenvalue weighted by Crippen LogP contribution is -2.49. The number of aryl methyl sites for hydroxylation is 2. The summed E-state index contributed by atoms with van der Waals surface area (Å²) >= 11 is 0. The Kier molecular flexibility index (Phi) is 6.59. The first-order valence-electron chi connectivity index (χ1n) is 15.0. The van der Waals surface area contributed by atoms with E-state index in [4.69, 9.17) is 0 Å². The monoisotopic (exact) mass is 600 g/mol. The topological polar surface area (TPSA) is 122 Å². The van der Waals surface area contributed by atoms with E-state index in [9.17, 15) is 18.3 Å². The van der Waals surface area contributed by atoms with E-state index in [0.717, 1.165) is 71.1 Å². The van der Waals surface area contributed by atoms with Gasteiger partial charge in [-0.05, 0) is 92.5 Å². The number of aliphatic carboxylic acids is 1. The normalized spacial score (nSPS) is 22.3. The average molecular weight is 601 g/mol. The lowest BCUT2D eigenvalue weighted by Gasteiger charge is -2.36. The van der Waals surface area contributed by atoms with Crippen LogP contribution in [-0.2, 0) is 21.4 Å². The summed E-state index contributed by atoms with van der Waals surface area (Å²) in [6, 6.07) is 13.7. The molecule has 0 spiro atoms. The number of carbonyl (C=O) groups is 1. The van der Waals surface area contributed by atoms with Crippen LogP contribution in [0.3, 0.4) is 0 Å². The second-order valence-electron chi connectivity index (χ2n) is 12.6. The Balaban J connectivity index is 1.28. The van der Waals surface area contributed by atoms with Gasteiger partial charge in [-0.15, -0.1) is 5.10 Å². The molecule has 2 fully saturated rings. The van der Waals surface area contributed by atoms with Crippen LogP contribution >= 0.6 is 0 Å². The van der Waals surface area contributed by atoms with Crippen LogP contribution in [-0.4, -0.2) is 62.4 Å². The van der Waals surface area contributed by atoms with E-state index >= 15 is 0 Å². The van der Waals surface area contributed by atoms with Gasteiger partial charge in [0.05, 0.1) is 23.5 Å². The average Bonchev–Trinajstić information content (AvgIpc) is 3.62. The molecule has 4 aromatic rings. The Hall–Kier alpha value is -3.83. The number of rotatable bonds is 7. The van der Waals surface area contributed by atoms with Crippen LogP contribution in [0.4, 0.5) is 5.82 Å². The van der Waals surface area contributed by atoms with Gasteiger partial charge < -0.3 is 10.0 Å². The SMILES string of the molecule is Cc1ccc([C@@H](CC(=O)O)c2ccc3c(nnn3C3CC3)c2C)cc1CN1C[C@]2(C)CCCN2c2ncccc2S1(=O)=O. The third kappa shape index (κ3) is 4.69. The van der Waals surface area contributed by atoms with Crippen LogP contribution in [0.1, 0.15) is 78.8 Å². The number of aromatic nitrogens is 4. The molecule has 0 radical (unpaired) electrons. The number of benzene rings is 2. The molecule has 1 N–H and O–H groups in total. The van der Waals surface area contributed by atoms with Crippen molar-refractivity contribution in [2.24, 2.45) is 0 Å². The number of carboxylic acids is 1. The van der Waals surface area contributed by atoms with Crippen molar-refractivity contribution in [3.63, 3.8) is 0 Å². The van der Waals surface area contributed by atoms with Crippen molar-refractivity contribution in [3.05, 3.63) is 76.5 Å². The van der Waals surface area contributed by atoms with Crippen molar-refractivity contribution in [2.45, 2.75) is 81.8 Å². The molecular formula is C32H36N6O4S. The van der Waals surface area contributed by atoms with Crippen LogP contribution < -0.4 is 4.90 Å². The third-order valence-corrected chi connectivity index (χ3v) is 11.4. The second kappa shape index (κ2) is 10.1. The number of hydrogen-bond donors (Lipinski definition) is 1. The second-order valence-corrected chi connectivity index (χ2v) is 14.5. The van der Waals surface area contributed by atoms with Crippen LogP contribution in [0.25, 0.3) is 11.0 Å². The molecule has 10 nitrogen and oxygen atoms in total. The smallest absolute Gasteiger partial charge is 0.304 e. The maximum atomic E-state index is 14.1. The zero-order valence-electron chi connectivity index (χ0n) is 24.7. The number of sulfonamides is 1. The van der Waals surface area contributed by atoms with Gasteiger partial charge in [0.15, 0.2) is 0 Å². The van der Waals surface area contributed by atoms with Crippen molar-refractivity contribution >= 4 is 32.8 Å². The van der Waals surface area contributed by atoms with Crippen molar-refractivity contribution < 1.29 is 18.3 Å². The molecule has 4 heterocycles. The van der Waals surface area contributed by atoms with Crippen LogP contribution in [0.15, 0.2) is 53.6 Å². The molecule has 3 aliphatic rings. The fraction of sp³-hybridized carbons (Fsp3) is 0.438. The molecule has 2 aliphatic heterocycles. The van der Waals surface area contributed by atoms with E-state index in [1.807, 2.05) is 48.9 Å². The molecule has 2 atom stereocenters. The van der Waals surface area contributed by atoms with E-state index in [-0.39, 0.29) is 23.4 Å². The van der Waals surface area contributed by atoms with Crippen molar-refractivity contribution in [2.75, 3.05) is 18.0 Å². The molecule has 0 bridgehead atoms. The lowest BCUT2D eigenvalue weighted by molar-refractivity contribution is -0.137. The third-order valence-electron chi connectivity index (χ3n) is 9.60. The number of anilines is 1. The Labute approximate surface area is 251 Å². The van der Waals surface area contributed by atoms with Crippen molar-refractivity contribution in [3.8, 4) is 0 Å². The molecule has 1 saturated heterocycles. The van der Waals surface area contributed by atoms with Gasteiger partial charge in [0.2, 0.25) is 10.0 Å². The van der Waals surface area contributed by atoms with Gasteiger partial charge in [0.1, 0.15) is 16.2 Å². The Bertz CT molecular complexity index is 1870. The highest BCUT2D eigenvalue weighted by Crippen LogP contribution is 2.43. The van der Waals surface area contributed by atoms with Gasteiger partial charge in [-0.1, -0.05) is 29.5 Å². The standard InChI is InChI=1S/C32H36N6O4S/c1-20-7-8-22(26(17-29(39)40)25-11-12-27-30(21(25)2)34-35-38(27)24-9-10-24)16-23(20)18-36-19-32(3)13-5-15-37(32)31-28(43(36,41)42)6-4-14-33-31/h4,6-8,11-12,14,16,24,26H,5,9-10,13,15,17-19H2,1-3H3,(H,39,40)/t26-,32+/m1/s1. The molecule has 2 aromatic carbocycles. The molecule has 1 aliphatic carbocycles. The van der Waals surface area contributed by atoms with Gasteiger partial charge in [-0.3, -0.25) is 4.79 Å². The highest BCUT2D eigenvalue weighted by molar-refractivity contribution is 7.89. The van der Waals surface area contributed by atoms with Gasteiger partial charge in [0, 0.05) is 31.7 Å². The summed E-state index contributed by atoms with van der Waals surface area (Å²) < 4.78 is 31.7. The summed E-state index contributed by atoms with van der Waals surface area (Å²) in [5.41, 5.74) is 5.86. The van der Waals surface area contributed by atoms with Gasteiger partial charge in [0.25, 0.3) is 0 Å². The Morgan fingerprint density at radius 1 is 1.16 bits per heavy atom. The molecule has 2 aromatic heterocycles. The van der Waals surface area contributed by atoms with E-state index in [2.05, 4.69) is 27.1 Å². The Morgan fingerprint density at radius 3 is 2.74 bits per heavy atom. The maximum Gasteiger partial charge on any atom is 0.304 e. The first-order valence-corrected chi connectivity index (χ1v) is 16.4. The fourth-order valence-electron chi connectivity index (χ4n) is 7.05. The maximum absolute atomic E-state index is 14.1. The number of pyridine rings is 1. The molecule has 11 heteroatoms. The highest BCUT2D eigenvalue weighted by atomic mass is 32.2. The van der Waals surface area contributed by atoms with E-state index in [1.165, 1.54) is 0 Å². The highest BCUT2D eigenvalue weighted by Gasteiger charge is 2.47. The predicted octanol–water partition coefficient (Wildman–Crippen LogP) is 4.95. The van der Waals surface area contributed by atoms with E-state index < -0.39 is 21.9 Å². The summed E-state index contributed by atoms with van der Waals surface area (Å²) in [6.45, 7) is 7.39. The molecule has 0 amide bonds. The zero-order valence-corrected chi connectivity index (χ0v) is 25.5. The minimum Gasteiger partial charge on any atom is -0.481 e. The molecule has 224 valence electrons. The molecule has 1 saturated carbocycles. The first-order chi connectivity index (χ1) is 20.6. The molecule has 43 heavy (non-hydrogen) atoms. The summed E-state index contributed by atoms with van der Waals surface area (Å²) in [6.07, 6.45) is 5.61. The lowest BCUT2D eigenvalue weighted by atomic mass is 9.84. The van der Waals surface area contributed by atoms with Crippen LogP contribution in [0.2, 0.25) is 0 Å². The minimum atomic E-state index is -3.83. The van der Waals surface area contributed by atoms with Crippen LogP contribution in [0, 0.1) is 13.8 Å². The fourth-order valence-corrected chi connectivity index (χ4v) is 8.73. The summed E-state index contributed by atoms with van der Waals surface area (Å²) in [5.74, 6) is -0.802. The molecule has 7 rings (SSSR count). The number of nitrogens with zero attached hydrogens (tertiary/aromatic N) is 6. The van der Waals surface area contributed by atoms with Crippen molar-refractivity contribution in [1.82, 2.24) is 24.3 Å². The van der Waals surface area contributed by atoms with E-state index in [0.29, 0.717) is 18.4 Å². The van der Waals surface area contributed by atoms with Crippen molar-refractivity contribution in [1.29, 1.82) is 0 Å². The predicted molar refractivity (Wildman–Crippen MR) is 163 cm³/mol. The number of fused-ring (bicyclic) bond motifs is 4. The summed E-state index contributed by atoms with van der Waals surface area (Å²) in [7, 11) is -3.83. The first kappa shape index (κ1) is 28.0. The zero-order chi connectivity index (χ0) is 30.1. The number of carboxylic acid groups (broad SMARTS) is 1. The van der Waals surface area contributed by atoms with Crippen LogP contribution in [0.5, 0.6) is 0 Å². The summed E-state index contributed by atoms with van der Waals surface area (Å²) in [4.78, 5) is 19.1. The van der Waals surface area contributed by atoms with Gasteiger partial charge >= 0.3 is 5.97 Å². The van der Waals surface area contributed by atoms with E-state index in [1.54, 1.807) is 22.6 Å². The molecular weight excluding hydrogens is 564 g/mol. The summed E-state index contributed by atoms with van der Waals surface area (Å²) in [5, 5.41) is 18.8. The quantitative estimate of drug-likeness (QED) is 0.316. The number of hydrogen-bond acceptors (Lipinski definition) is 7. The van der Waals surface area contributed by atoms with Gasteiger partial charge in [-0.25, -0.2) is 18.1 Å². The Morgan fingerprint density at radius 2 is 1.98 bits per heavy atom. The largest absolute Gasteiger partial charge is 0.481 e. The van der Waals surface area contributed by atoms with Gasteiger partial charge in [-0.2, -0.15) is 4.31 Å².